The van der Waals surface area contributed by atoms with Crippen molar-refractivity contribution in [3.05, 3.63) is 194 Å². The second kappa shape index (κ2) is 12.8. The number of benzene rings is 9. The molecule has 0 spiro atoms. The molecule has 9 aromatic carbocycles. The molecule has 10 rings (SSSR count). The lowest BCUT2D eigenvalue weighted by atomic mass is 9.82. The highest BCUT2D eigenvalue weighted by atomic mass is 15.1. The van der Waals surface area contributed by atoms with Gasteiger partial charge in [0.15, 0.2) is 0 Å². The summed E-state index contributed by atoms with van der Waals surface area (Å²) in [4.78, 5) is 4.94. The Bertz CT molecular complexity index is 2970. The Morgan fingerprint density at radius 1 is 0.415 bits per heavy atom. The Morgan fingerprint density at radius 2 is 1.02 bits per heavy atom. The molecule has 0 aliphatic rings. The van der Waals surface area contributed by atoms with Gasteiger partial charge in [-0.25, -0.2) is 4.98 Å². The maximum Gasteiger partial charge on any atom is 0.114 e. The molecule has 0 amide bonds. The lowest BCUT2D eigenvalue weighted by Crippen LogP contribution is -2.00. The Kier molecular flexibility index (Phi) is 7.47. The van der Waals surface area contributed by atoms with Crippen LogP contribution >= 0.6 is 0 Å². The van der Waals surface area contributed by atoms with E-state index in [4.69, 9.17) is 4.98 Å². The number of imidazole rings is 1. The van der Waals surface area contributed by atoms with Crippen LogP contribution in [0.4, 0.5) is 0 Å². The standard InChI is InChI=1S/C51H36N2/c1-2-49-52-47-23-13-14-24-48(47)53(49)40-29-27-36-31-39(26-25-37(36)32-40)50-43-21-11-12-22-44(43)51(42-20-10-9-19-41(42)35-17-7-4-8-18-35)46-33-38(28-30-45(46)50)34-15-5-3-6-16-34/h3-33H,2H2,1H3. The van der Waals surface area contributed by atoms with Gasteiger partial charge in [0.2, 0.25) is 0 Å². The van der Waals surface area contributed by atoms with Crippen molar-refractivity contribution in [2.24, 2.45) is 0 Å². The van der Waals surface area contributed by atoms with Crippen LogP contribution in [0.25, 0.3) is 93.5 Å². The molecule has 0 unspecified atom stereocenters. The van der Waals surface area contributed by atoms with Gasteiger partial charge in [0.05, 0.1) is 11.0 Å². The summed E-state index contributed by atoms with van der Waals surface area (Å²) in [7, 11) is 0. The lowest BCUT2D eigenvalue weighted by molar-refractivity contribution is 0.909. The molecule has 1 aromatic heterocycles. The summed E-state index contributed by atoms with van der Waals surface area (Å²) >= 11 is 0. The third kappa shape index (κ3) is 5.22. The number of hydrogen-bond donors (Lipinski definition) is 0. The minimum atomic E-state index is 0.865. The summed E-state index contributed by atoms with van der Waals surface area (Å²) in [6.45, 7) is 2.17. The summed E-state index contributed by atoms with van der Waals surface area (Å²) < 4.78 is 2.31. The van der Waals surface area contributed by atoms with Crippen molar-refractivity contribution in [2.75, 3.05) is 0 Å². The fourth-order valence-electron chi connectivity index (χ4n) is 8.29. The van der Waals surface area contributed by atoms with Gasteiger partial charge < -0.3 is 0 Å². The van der Waals surface area contributed by atoms with Crippen LogP contribution in [0.5, 0.6) is 0 Å². The predicted octanol–water partition coefficient (Wildman–Crippen LogP) is 13.7. The van der Waals surface area contributed by atoms with Gasteiger partial charge in [-0.05, 0) is 113 Å². The number of nitrogens with zero attached hydrogens (tertiary/aromatic N) is 2. The van der Waals surface area contributed by atoms with Crippen molar-refractivity contribution in [3.63, 3.8) is 0 Å². The molecule has 0 radical (unpaired) electrons. The Hall–Kier alpha value is -6.77. The quantitative estimate of drug-likeness (QED) is 0.160. The molecule has 1 heterocycles. The van der Waals surface area contributed by atoms with E-state index in [1.807, 2.05) is 0 Å². The maximum absolute atomic E-state index is 4.94. The smallest absolute Gasteiger partial charge is 0.114 e. The van der Waals surface area contributed by atoms with E-state index in [0.29, 0.717) is 0 Å². The second-order valence-corrected chi connectivity index (χ2v) is 13.8. The molecule has 0 saturated carbocycles. The van der Waals surface area contributed by atoms with Gasteiger partial charge in [0.1, 0.15) is 5.82 Å². The highest BCUT2D eigenvalue weighted by Crippen LogP contribution is 2.47. The normalized spacial score (nSPS) is 11.6. The number of fused-ring (bicyclic) bond motifs is 4. The van der Waals surface area contributed by atoms with E-state index in [1.165, 1.54) is 76.8 Å². The molecule has 0 fully saturated rings. The van der Waals surface area contributed by atoms with Crippen LogP contribution < -0.4 is 0 Å². The molecular formula is C51H36N2. The summed E-state index contributed by atoms with van der Waals surface area (Å²) in [5.74, 6) is 1.07. The zero-order chi connectivity index (χ0) is 35.3. The Labute approximate surface area is 309 Å². The second-order valence-electron chi connectivity index (χ2n) is 13.8. The van der Waals surface area contributed by atoms with Crippen LogP contribution in [-0.4, -0.2) is 9.55 Å². The molecule has 0 atom stereocenters. The first-order chi connectivity index (χ1) is 26.2. The molecule has 0 bridgehead atoms. The van der Waals surface area contributed by atoms with Gasteiger partial charge in [0, 0.05) is 12.1 Å². The first kappa shape index (κ1) is 31.0. The van der Waals surface area contributed by atoms with Crippen LogP contribution in [0.2, 0.25) is 0 Å². The van der Waals surface area contributed by atoms with E-state index < -0.39 is 0 Å². The van der Waals surface area contributed by atoms with E-state index in [2.05, 4.69) is 200 Å². The lowest BCUT2D eigenvalue weighted by Gasteiger charge is -2.21. The molecule has 2 nitrogen and oxygen atoms in total. The summed E-state index contributed by atoms with van der Waals surface area (Å²) in [6.07, 6.45) is 0.865. The molecule has 0 aliphatic carbocycles. The van der Waals surface area contributed by atoms with Gasteiger partial charge in [-0.2, -0.15) is 0 Å². The minimum absolute atomic E-state index is 0.865. The van der Waals surface area contributed by atoms with Gasteiger partial charge >= 0.3 is 0 Å². The van der Waals surface area contributed by atoms with E-state index in [9.17, 15) is 0 Å². The molecule has 10 aromatic rings. The number of hydrogen-bond acceptors (Lipinski definition) is 1. The van der Waals surface area contributed by atoms with Crippen LogP contribution in [0, 0.1) is 0 Å². The first-order valence-corrected chi connectivity index (χ1v) is 18.4. The third-order valence-corrected chi connectivity index (χ3v) is 10.7. The van der Waals surface area contributed by atoms with Crippen LogP contribution in [0.1, 0.15) is 12.7 Å². The molecule has 250 valence electrons. The van der Waals surface area contributed by atoms with Gasteiger partial charge in [-0.3, -0.25) is 4.57 Å². The van der Waals surface area contributed by atoms with Crippen molar-refractivity contribution >= 4 is 43.4 Å². The van der Waals surface area contributed by atoms with Crippen LogP contribution in [-0.2, 0) is 6.42 Å². The zero-order valence-electron chi connectivity index (χ0n) is 29.5. The van der Waals surface area contributed by atoms with E-state index in [0.717, 1.165) is 29.0 Å². The highest BCUT2D eigenvalue weighted by molar-refractivity contribution is 6.23. The van der Waals surface area contributed by atoms with Crippen molar-refractivity contribution in [1.82, 2.24) is 9.55 Å². The molecular weight excluding hydrogens is 641 g/mol. The molecule has 0 N–H and O–H groups in total. The van der Waals surface area contributed by atoms with E-state index >= 15 is 0 Å². The number of aromatic nitrogens is 2. The number of aryl methyl sites for hydroxylation is 1. The fourth-order valence-corrected chi connectivity index (χ4v) is 8.29. The van der Waals surface area contributed by atoms with E-state index in [1.54, 1.807) is 0 Å². The first-order valence-electron chi connectivity index (χ1n) is 18.4. The number of para-hydroxylation sites is 2. The summed E-state index contributed by atoms with van der Waals surface area (Å²) in [6, 6.07) is 68.6. The average Bonchev–Trinajstić information content (AvgIpc) is 3.62. The monoisotopic (exact) mass is 676 g/mol. The third-order valence-electron chi connectivity index (χ3n) is 10.7. The zero-order valence-corrected chi connectivity index (χ0v) is 29.5. The topological polar surface area (TPSA) is 17.8 Å². The van der Waals surface area contributed by atoms with Crippen molar-refractivity contribution in [1.29, 1.82) is 0 Å². The highest BCUT2D eigenvalue weighted by Gasteiger charge is 2.20. The van der Waals surface area contributed by atoms with Crippen molar-refractivity contribution in [3.8, 4) is 50.2 Å². The van der Waals surface area contributed by atoms with Crippen molar-refractivity contribution < 1.29 is 0 Å². The van der Waals surface area contributed by atoms with Gasteiger partial charge in [0.25, 0.3) is 0 Å². The van der Waals surface area contributed by atoms with E-state index in [-0.39, 0.29) is 0 Å². The predicted molar refractivity (Wildman–Crippen MR) is 225 cm³/mol. The van der Waals surface area contributed by atoms with Gasteiger partial charge in [-0.15, -0.1) is 0 Å². The fraction of sp³-hybridized carbons (Fsp3) is 0.0392. The number of rotatable bonds is 6. The molecule has 2 heteroatoms. The average molecular weight is 677 g/mol. The Morgan fingerprint density at radius 3 is 1.81 bits per heavy atom. The van der Waals surface area contributed by atoms with Crippen LogP contribution in [0.15, 0.2) is 188 Å². The SMILES string of the molecule is CCc1nc2ccccc2n1-c1ccc2cc(-c3c4ccccc4c(-c4ccccc4-c4ccccc4)c4cc(-c5ccccc5)ccc34)ccc2c1. The maximum atomic E-state index is 4.94. The Balaban J connectivity index is 1.22. The molecule has 53 heavy (non-hydrogen) atoms. The minimum Gasteiger partial charge on any atom is -0.296 e. The molecule has 0 saturated heterocycles. The van der Waals surface area contributed by atoms with Crippen molar-refractivity contribution in [2.45, 2.75) is 13.3 Å². The summed E-state index contributed by atoms with van der Waals surface area (Å²) in [5, 5.41) is 7.41. The summed E-state index contributed by atoms with van der Waals surface area (Å²) in [5.41, 5.74) is 13.2. The van der Waals surface area contributed by atoms with Crippen LogP contribution in [0.3, 0.4) is 0 Å². The van der Waals surface area contributed by atoms with Gasteiger partial charge in [-0.1, -0.05) is 159 Å². The largest absolute Gasteiger partial charge is 0.296 e. The molecule has 0 aliphatic heterocycles.